The molecule has 0 saturated carbocycles. The minimum atomic E-state index is -0.988. The van der Waals surface area contributed by atoms with E-state index in [1.165, 1.54) is 7.11 Å². The number of carbonyl (C=O) groups excluding carboxylic acids is 1. The van der Waals surface area contributed by atoms with Crippen LogP contribution in [-0.2, 0) is 9.53 Å². The first kappa shape index (κ1) is 20.7. The maximum Gasteiger partial charge on any atom is 0.332 e. The smallest absolute Gasteiger partial charge is 0.332 e. The fourth-order valence-corrected chi connectivity index (χ4v) is 4.41. The molecule has 2 aromatic carbocycles. The van der Waals surface area contributed by atoms with Gasteiger partial charge >= 0.3 is 11.7 Å². The van der Waals surface area contributed by atoms with Gasteiger partial charge in [0.15, 0.2) is 0 Å². The molecule has 4 aromatic rings. The Kier molecular flexibility index (Phi) is 5.27. The number of aryl methyl sites for hydroxylation is 1. The van der Waals surface area contributed by atoms with E-state index in [1.54, 1.807) is 35.8 Å². The number of H-pyrrole nitrogens is 1. The van der Waals surface area contributed by atoms with Crippen LogP contribution in [0.4, 0.5) is 0 Å². The molecular formula is C24H25N3O4. The SMILES string of the molecule is CC[C@H](C(=O)OC)n1c(=O)c2ccccc2n(C(C)c2c[nH]c3cccc(C)c23)c1=O. The molecule has 160 valence electrons. The van der Waals surface area contributed by atoms with E-state index in [2.05, 4.69) is 4.98 Å². The number of hydrogen-bond acceptors (Lipinski definition) is 4. The summed E-state index contributed by atoms with van der Waals surface area (Å²) in [6.45, 7) is 5.70. The Morgan fingerprint density at radius 2 is 1.84 bits per heavy atom. The lowest BCUT2D eigenvalue weighted by Crippen LogP contribution is -2.45. The third-order valence-electron chi connectivity index (χ3n) is 5.98. The lowest BCUT2D eigenvalue weighted by molar-refractivity contribution is -0.144. The second-order valence-electron chi connectivity index (χ2n) is 7.71. The molecule has 7 nitrogen and oxygen atoms in total. The molecule has 0 fully saturated rings. The zero-order chi connectivity index (χ0) is 22.3. The molecule has 0 bridgehead atoms. The number of carbonyl (C=O) groups is 1. The van der Waals surface area contributed by atoms with Crippen molar-refractivity contribution in [2.45, 2.75) is 39.3 Å². The van der Waals surface area contributed by atoms with Crippen molar-refractivity contribution in [3.8, 4) is 0 Å². The number of hydrogen-bond donors (Lipinski definition) is 1. The largest absolute Gasteiger partial charge is 0.467 e. The fraction of sp³-hybridized carbons (Fsp3) is 0.292. The first-order valence-electron chi connectivity index (χ1n) is 10.3. The number of nitrogens with one attached hydrogen (secondary N) is 1. The first-order valence-corrected chi connectivity index (χ1v) is 10.3. The molecule has 2 atom stereocenters. The Bertz CT molecular complexity index is 1410. The highest BCUT2D eigenvalue weighted by atomic mass is 16.5. The molecule has 0 saturated heterocycles. The number of esters is 1. The normalized spacial score (nSPS) is 13.4. The van der Waals surface area contributed by atoms with E-state index >= 15 is 0 Å². The summed E-state index contributed by atoms with van der Waals surface area (Å²) in [5.74, 6) is -0.612. The second kappa shape index (κ2) is 7.91. The minimum absolute atomic E-state index is 0.265. The van der Waals surface area contributed by atoms with E-state index in [4.69, 9.17) is 4.74 Å². The van der Waals surface area contributed by atoms with Gasteiger partial charge in [0, 0.05) is 22.7 Å². The Labute approximate surface area is 178 Å². The van der Waals surface area contributed by atoms with Crippen molar-refractivity contribution in [2.75, 3.05) is 7.11 Å². The van der Waals surface area contributed by atoms with Crippen molar-refractivity contribution in [3.05, 3.63) is 80.6 Å². The average Bonchev–Trinajstić information content (AvgIpc) is 3.22. The molecule has 0 amide bonds. The first-order chi connectivity index (χ1) is 14.9. The van der Waals surface area contributed by atoms with Crippen molar-refractivity contribution in [3.63, 3.8) is 0 Å². The van der Waals surface area contributed by atoms with E-state index < -0.39 is 23.3 Å². The van der Waals surface area contributed by atoms with Crippen molar-refractivity contribution in [1.29, 1.82) is 0 Å². The van der Waals surface area contributed by atoms with Gasteiger partial charge in [-0.2, -0.15) is 0 Å². The molecule has 1 unspecified atom stereocenters. The number of aromatic amines is 1. The summed E-state index contributed by atoms with van der Waals surface area (Å²) in [4.78, 5) is 42.6. The van der Waals surface area contributed by atoms with Gasteiger partial charge in [-0.25, -0.2) is 14.2 Å². The Morgan fingerprint density at radius 3 is 2.55 bits per heavy atom. The average molecular weight is 419 g/mol. The van der Waals surface area contributed by atoms with Crippen LogP contribution in [0.2, 0.25) is 0 Å². The molecule has 0 aliphatic carbocycles. The van der Waals surface area contributed by atoms with Crippen LogP contribution in [0.25, 0.3) is 21.8 Å². The van der Waals surface area contributed by atoms with Crippen LogP contribution < -0.4 is 11.2 Å². The number of rotatable bonds is 5. The molecule has 0 radical (unpaired) electrons. The standard InChI is InChI=1S/C24H25N3O4/c1-5-19(23(29)31-4)27-22(28)16-10-6-7-12-20(16)26(24(27)30)15(3)17-13-25-18-11-8-9-14(2)21(17)18/h6-13,15,19,25H,5H2,1-4H3/t15?,19-/m1/s1. The van der Waals surface area contributed by atoms with E-state index in [-0.39, 0.29) is 12.5 Å². The van der Waals surface area contributed by atoms with Crippen molar-refractivity contribution in [2.24, 2.45) is 0 Å². The quantitative estimate of drug-likeness (QED) is 0.500. The van der Waals surface area contributed by atoms with Gasteiger partial charge in [-0.15, -0.1) is 0 Å². The summed E-state index contributed by atoms with van der Waals surface area (Å²) in [6, 6.07) is 11.6. The van der Waals surface area contributed by atoms with Crippen LogP contribution in [0.5, 0.6) is 0 Å². The summed E-state index contributed by atoms with van der Waals surface area (Å²) in [7, 11) is 1.26. The molecule has 31 heavy (non-hydrogen) atoms. The minimum Gasteiger partial charge on any atom is -0.467 e. The second-order valence-corrected chi connectivity index (χ2v) is 7.71. The summed E-state index contributed by atoms with van der Waals surface area (Å²) < 4.78 is 7.50. The highest BCUT2D eigenvalue weighted by molar-refractivity contribution is 5.87. The zero-order valence-electron chi connectivity index (χ0n) is 18.0. The van der Waals surface area contributed by atoms with Crippen LogP contribution in [0.3, 0.4) is 0 Å². The number of methoxy groups -OCH3 is 1. The molecule has 2 heterocycles. The third-order valence-corrected chi connectivity index (χ3v) is 5.98. The van der Waals surface area contributed by atoms with Gasteiger partial charge in [0.1, 0.15) is 6.04 Å². The van der Waals surface area contributed by atoms with Crippen LogP contribution >= 0.6 is 0 Å². The molecule has 4 rings (SSSR count). The Hall–Kier alpha value is -3.61. The fourth-order valence-electron chi connectivity index (χ4n) is 4.41. The highest BCUT2D eigenvalue weighted by Crippen LogP contribution is 2.30. The van der Waals surface area contributed by atoms with Gasteiger partial charge in [0.25, 0.3) is 5.56 Å². The Balaban J connectivity index is 2.07. The summed E-state index contributed by atoms with van der Waals surface area (Å²) in [5.41, 5.74) is 2.52. The number of ether oxygens (including phenoxy) is 1. The summed E-state index contributed by atoms with van der Waals surface area (Å²) in [5, 5.41) is 1.43. The van der Waals surface area contributed by atoms with Crippen LogP contribution in [0, 0.1) is 6.92 Å². The molecule has 0 spiro atoms. The molecular weight excluding hydrogens is 394 g/mol. The van der Waals surface area contributed by atoms with Gasteiger partial charge in [0.05, 0.1) is 24.1 Å². The maximum absolute atomic E-state index is 13.7. The Morgan fingerprint density at radius 1 is 1.10 bits per heavy atom. The van der Waals surface area contributed by atoms with Crippen molar-refractivity contribution < 1.29 is 9.53 Å². The number of fused-ring (bicyclic) bond motifs is 2. The van der Waals surface area contributed by atoms with E-state index in [9.17, 15) is 14.4 Å². The molecule has 1 N–H and O–H groups in total. The number of nitrogens with zero attached hydrogens (tertiary/aromatic N) is 2. The van der Waals surface area contributed by atoms with Crippen LogP contribution in [0.1, 0.15) is 43.5 Å². The van der Waals surface area contributed by atoms with E-state index in [1.807, 2.05) is 38.2 Å². The molecule has 2 aromatic heterocycles. The van der Waals surface area contributed by atoms with Crippen LogP contribution in [0.15, 0.2) is 58.3 Å². The van der Waals surface area contributed by atoms with Gasteiger partial charge in [-0.1, -0.05) is 31.2 Å². The van der Waals surface area contributed by atoms with Gasteiger partial charge in [0.2, 0.25) is 0 Å². The molecule has 0 aliphatic heterocycles. The predicted octanol–water partition coefficient (Wildman–Crippen LogP) is 3.69. The van der Waals surface area contributed by atoms with Gasteiger partial charge in [-0.3, -0.25) is 9.36 Å². The lowest BCUT2D eigenvalue weighted by atomic mass is 10.0. The third kappa shape index (κ3) is 3.17. The monoisotopic (exact) mass is 419 g/mol. The number of benzene rings is 2. The number of para-hydroxylation sites is 1. The van der Waals surface area contributed by atoms with Crippen molar-refractivity contribution in [1.82, 2.24) is 14.1 Å². The number of aromatic nitrogens is 3. The topological polar surface area (TPSA) is 86.1 Å². The summed E-state index contributed by atoms with van der Waals surface area (Å²) in [6.07, 6.45) is 2.16. The highest BCUT2D eigenvalue weighted by Gasteiger charge is 2.27. The van der Waals surface area contributed by atoms with E-state index in [0.29, 0.717) is 10.9 Å². The lowest BCUT2D eigenvalue weighted by Gasteiger charge is -2.22. The van der Waals surface area contributed by atoms with Gasteiger partial charge < -0.3 is 9.72 Å². The van der Waals surface area contributed by atoms with Gasteiger partial charge in [-0.05, 0) is 44.0 Å². The van der Waals surface area contributed by atoms with Crippen LogP contribution in [-0.4, -0.2) is 27.2 Å². The predicted molar refractivity (Wildman–Crippen MR) is 121 cm³/mol. The van der Waals surface area contributed by atoms with Crippen molar-refractivity contribution >= 4 is 27.8 Å². The van der Waals surface area contributed by atoms with E-state index in [0.717, 1.165) is 26.6 Å². The maximum atomic E-state index is 13.7. The summed E-state index contributed by atoms with van der Waals surface area (Å²) >= 11 is 0. The molecule has 0 aliphatic rings. The molecule has 7 heteroatoms. The zero-order valence-corrected chi connectivity index (χ0v) is 18.0.